The SMILES string of the molecule is CC(C)[C@@H]1CCC[C@H](C)[C@H]1NCCOC(=O)c1ccc([N+](=O)[O-])cc1. The van der Waals surface area contributed by atoms with Crippen LogP contribution in [0.2, 0.25) is 0 Å². The summed E-state index contributed by atoms with van der Waals surface area (Å²) in [5, 5.41) is 14.2. The Labute approximate surface area is 149 Å². The molecule has 1 fully saturated rings. The number of hydrogen-bond donors (Lipinski definition) is 1. The molecule has 0 aromatic heterocycles. The number of rotatable bonds is 7. The van der Waals surface area contributed by atoms with Crippen LogP contribution in [-0.4, -0.2) is 30.1 Å². The lowest BCUT2D eigenvalue weighted by molar-refractivity contribution is -0.384. The second-order valence-corrected chi connectivity index (χ2v) is 7.24. The van der Waals surface area contributed by atoms with Crippen molar-refractivity contribution in [2.75, 3.05) is 13.2 Å². The first-order valence-corrected chi connectivity index (χ1v) is 9.05. The second-order valence-electron chi connectivity index (χ2n) is 7.24. The van der Waals surface area contributed by atoms with E-state index in [-0.39, 0.29) is 5.69 Å². The molecule has 25 heavy (non-hydrogen) atoms. The summed E-state index contributed by atoms with van der Waals surface area (Å²) in [6.07, 6.45) is 3.78. The third kappa shape index (κ3) is 5.26. The topological polar surface area (TPSA) is 81.5 Å². The van der Waals surface area contributed by atoms with E-state index >= 15 is 0 Å². The molecule has 0 radical (unpaired) electrons. The molecule has 138 valence electrons. The van der Waals surface area contributed by atoms with Gasteiger partial charge in [-0.1, -0.05) is 27.2 Å². The van der Waals surface area contributed by atoms with E-state index in [1.54, 1.807) is 0 Å². The minimum absolute atomic E-state index is 0.0377. The third-order valence-electron chi connectivity index (χ3n) is 5.16. The molecule has 1 aliphatic rings. The highest BCUT2D eigenvalue weighted by Gasteiger charge is 2.31. The van der Waals surface area contributed by atoms with Crippen LogP contribution in [0.15, 0.2) is 24.3 Å². The van der Waals surface area contributed by atoms with E-state index < -0.39 is 10.9 Å². The Morgan fingerprint density at radius 1 is 1.32 bits per heavy atom. The van der Waals surface area contributed by atoms with Gasteiger partial charge < -0.3 is 10.1 Å². The number of hydrogen-bond acceptors (Lipinski definition) is 5. The fourth-order valence-electron chi connectivity index (χ4n) is 3.73. The summed E-state index contributed by atoms with van der Waals surface area (Å²) in [4.78, 5) is 22.1. The number of esters is 1. The highest BCUT2D eigenvalue weighted by molar-refractivity contribution is 5.89. The summed E-state index contributed by atoms with van der Waals surface area (Å²) in [7, 11) is 0. The maximum atomic E-state index is 12.0. The summed E-state index contributed by atoms with van der Waals surface area (Å²) in [5.41, 5.74) is 0.293. The Balaban J connectivity index is 1.79. The van der Waals surface area contributed by atoms with Gasteiger partial charge in [0.25, 0.3) is 5.69 Å². The van der Waals surface area contributed by atoms with Crippen LogP contribution in [0.25, 0.3) is 0 Å². The highest BCUT2D eigenvalue weighted by Crippen LogP contribution is 2.33. The summed E-state index contributed by atoms with van der Waals surface area (Å²) in [6.45, 7) is 7.74. The number of nitro benzene ring substituents is 1. The van der Waals surface area contributed by atoms with E-state index in [0.29, 0.717) is 42.5 Å². The lowest BCUT2D eigenvalue weighted by Crippen LogP contribution is -2.46. The monoisotopic (exact) mass is 348 g/mol. The second kappa shape index (κ2) is 8.94. The molecule has 0 unspecified atom stereocenters. The van der Waals surface area contributed by atoms with Crippen molar-refractivity contribution in [3.05, 3.63) is 39.9 Å². The van der Waals surface area contributed by atoms with Crippen molar-refractivity contribution in [3.63, 3.8) is 0 Å². The van der Waals surface area contributed by atoms with Crippen molar-refractivity contribution in [1.29, 1.82) is 0 Å². The normalized spacial score (nSPS) is 23.4. The molecule has 1 aliphatic carbocycles. The molecule has 0 spiro atoms. The fraction of sp³-hybridized carbons (Fsp3) is 0.632. The molecular weight excluding hydrogens is 320 g/mol. The molecule has 0 bridgehead atoms. The predicted molar refractivity (Wildman–Crippen MR) is 96.5 cm³/mol. The van der Waals surface area contributed by atoms with E-state index in [1.807, 2.05) is 0 Å². The van der Waals surface area contributed by atoms with Crippen molar-refractivity contribution in [2.45, 2.75) is 46.1 Å². The predicted octanol–water partition coefficient (Wildman–Crippen LogP) is 3.80. The fourth-order valence-corrected chi connectivity index (χ4v) is 3.73. The maximum absolute atomic E-state index is 12.0. The zero-order valence-corrected chi connectivity index (χ0v) is 15.2. The van der Waals surface area contributed by atoms with E-state index in [2.05, 4.69) is 26.1 Å². The molecule has 3 atom stereocenters. The minimum atomic E-state index is -0.491. The Hall–Kier alpha value is -1.95. The van der Waals surface area contributed by atoms with Crippen LogP contribution in [0.4, 0.5) is 5.69 Å². The molecule has 1 aromatic rings. The van der Waals surface area contributed by atoms with Gasteiger partial charge >= 0.3 is 5.97 Å². The van der Waals surface area contributed by atoms with E-state index in [9.17, 15) is 14.9 Å². The Morgan fingerprint density at radius 2 is 2.00 bits per heavy atom. The molecule has 1 saturated carbocycles. The maximum Gasteiger partial charge on any atom is 0.338 e. The number of carbonyl (C=O) groups is 1. The van der Waals surface area contributed by atoms with Crippen LogP contribution in [0.1, 0.15) is 50.4 Å². The minimum Gasteiger partial charge on any atom is -0.461 e. The number of ether oxygens (including phenoxy) is 1. The first-order chi connectivity index (χ1) is 11.9. The Bertz CT molecular complexity index is 586. The first kappa shape index (κ1) is 19.4. The highest BCUT2D eigenvalue weighted by atomic mass is 16.6. The smallest absolute Gasteiger partial charge is 0.338 e. The first-order valence-electron chi connectivity index (χ1n) is 9.05. The summed E-state index contributed by atoms with van der Waals surface area (Å²) in [5.74, 6) is 1.48. The quantitative estimate of drug-likeness (QED) is 0.351. The molecule has 0 amide bonds. The van der Waals surface area contributed by atoms with Gasteiger partial charge in [-0.2, -0.15) is 0 Å². The van der Waals surface area contributed by atoms with Gasteiger partial charge in [0.2, 0.25) is 0 Å². The summed E-state index contributed by atoms with van der Waals surface area (Å²) >= 11 is 0. The van der Waals surface area contributed by atoms with Gasteiger partial charge in [-0.25, -0.2) is 4.79 Å². The number of carbonyl (C=O) groups excluding carboxylic acids is 1. The van der Waals surface area contributed by atoms with Gasteiger partial charge in [0, 0.05) is 24.7 Å². The molecule has 2 rings (SSSR count). The van der Waals surface area contributed by atoms with E-state index in [4.69, 9.17) is 4.74 Å². The molecule has 1 aromatic carbocycles. The zero-order chi connectivity index (χ0) is 18.4. The van der Waals surface area contributed by atoms with Crippen LogP contribution in [0, 0.1) is 27.9 Å². The number of nitrogens with one attached hydrogen (secondary N) is 1. The molecule has 0 heterocycles. The number of non-ortho nitro benzene ring substituents is 1. The third-order valence-corrected chi connectivity index (χ3v) is 5.16. The lowest BCUT2D eigenvalue weighted by atomic mass is 9.73. The molecule has 6 nitrogen and oxygen atoms in total. The molecule has 0 saturated heterocycles. The van der Waals surface area contributed by atoms with Crippen LogP contribution in [-0.2, 0) is 4.74 Å². The average molecular weight is 348 g/mol. The van der Waals surface area contributed by atoms with Gasteiger partial charge in [-0.05, 0) is 42.7 Å². The van der Waals surface area contributed by atoms with E-state index in [1.165, 1.54) is 43.5 Å². The molecular formula is C19H28N2O4. The van der Waals surface area contributed by atoms with Crippen molar-refractivity contribution < 1.29 is 14.5 Å². The molecule has 6 heteroatoms. The Morgan fingerprint density at radius 3 is 2.60 bits per heavy atom. The van der Waals surface area contributed by atoms with Crippen molar-refractivity contribution in [3.8, 4) is 0 Å². The van der Waals surface area contributed by atoms with Crippen LogP contribution in [0.5, 0.6) is 0 Å². The Kier molecular flexibility index (Phi) is 6.93. The molecule has 0 aliphatic heterocycles. The van der Waals surface area contributed by atoms with Crippen molar-refractivity contribution in [1.82, 2.24) is 5.32 Å². The lowest BCUT2D eigenvalue weighted by Gasteiger charge is -2.39. The van der Waals surface area contributed by atoms with Crippen LogP contribution >= 0.6 is 0 Å². The van der Waals surface area contributed by atoms with Gasteiger partial charge in [-0.15, -0.1) is 0 Å². The van der Waals surface area contributed by atoms with Crippen molar-refractivity contribution >= 4 is 11.7 Å². The molecule has 1 N–H and O–H groups in total. The number of benzene rings is 1. The van der Waals surface area contributed by atoms with Gasteiger partial charge in [0.15, 0.2) is 0 Å². The standard InChI is InChI=1S/C19H28N2O4/c1-13(2)17-6-4-5-14(3)18(17)20-11-12-25-19(22)15-7-9-16(10-8-15)21(23)24/h7-10,13-14,17-18,20H,4-6,11-12H2,1-3H3/t14-,17-,18+/m0/s1. The van der Waals surface area contributed by atoms with Crippen LogP contribution in [0.3, 0.4) is 0 Å². The van der Waals surface area contributed by atoms with E-state index in [0.717, 1.165) is 0 Å². The summed E-state index contributed by atoms with van der Waals surface area (Å²) in [6, 6.07) is 5.93. The number of nitro groups is 1. The largest absolute Gasteiger partial charge is 0.461 e. The zero-order valence-electron chi connectivity index (χ0n) is 15.2. The average Bonchev–Trinajstić information content (AvgIpc) is 2.59. The summed E-state index contributed by atoms with van der Waals surface area (Å²) < 4.78 is 5.28. The van der Waals surface area contributed by atoms with Gasteiger partial charge in [-0.3, -0.25) is 10.1 Å². The van der Waals surface area contributed by atoms with Gasteiger partial charge in [0.05, 0.1) is 10.5 Å². The number of nitrogens with zero attached hydrogens (tertiary/aromatic N) is 1. The van der Waals surface area contributed by atoms with Crippen LogP contribution < -0.4 is 5.32 Å². The van der Waals surface area contributed by atoms with Gasteiger partial charge in [0.1, 0.15) is 6.61 Å². The van der Waals surface area contributed by atoms with Crippen molar-refractivity contribution in [2.24, 2.45) is 17.8 Å².